The molecule has 2 rings (SSSR count). The quantitative estimate of drug-likeness (QED) is 0.731. The molecule has 0 amide bonds. The van der Waals surface area contributed by atoms with Crippen molar-refractivity contribution in [3.05, 3.63) is 11.6 Å². The summed E-state index contributed by atoms with van der Waals surface area (Å²) in [6.07, 6.45) is 2.86. The van der Waals surface area contributed by atoms with Gasteiger partial charge >= 0.3 is 5.97 Å². The van der Waals surface area contributed by atoms with Gasteiger partial charge in [-0.2, -0.15) is 0 Å². The summed E-state index contributed by atoms with van der Waals surface area (Å²) in [5.74, 6) is -1.24. The fourth-order valence-electron chi connectivity index (χ4n) is 2.75. The molecule has 90 valence electrons. The molecule has 3 atom stereocenters. The van der Waals surface area contributed by atoms with Gasteiger partial charge in [0.05, 0.1) is 12.5 Å². The third-order valence-electron chi connectivity index (χ3n) is 3.25. The molecule has 0 spiro atoms. The maximum absolute atomic E-state index is 10.8. The summed E-state index contributed by atoms with van der Waals surface area (Å²) < 4.78 is 11.6. The van der Waals surface area contributed by atoms with Crippen molar-refractivity contribution in [2.75, 3.05) is 0 Å². The second-order valence-corrected chi connectivity index (χ2v) is 4.91. The van der Waals surface area contributed by atoms with Crippen LogP contribution in [-0.2, 0) is 14.3 Å². The van der Waals surface area contributed by atoms with Gasteiger partial charge in [0.1, 0.15) is 6.10 Å². The molecule has 0 aromatic carbocycles. The summed E-state index contributed by atoms with van der Waals surface area (Å²) in [5.41, 5.74) is 1.08. The van der Waals surface area contributed by atoms with Crippen molar-refractivity contribution in [2.45, 2.75) is 51.6 Å². The molecular weight excluding hydrogens is 208 g/mol. The lowest BCUT2D eigenvalue weighted by Gasteiger charge is -2.21. The molecule has 1 heterocycles. The second-order valence-electron chi connectivity index (χ2n) is 4.91. The van der Waals surface area contributed by atoms with Crippen LogP contribution in [0.5, 0.6) is 0 Å². The fraction of sp³-hybridized carbons (Fsp3) is 0.750. The van der Waals surface area contributed by atoms with E-state index in [9.17, 15) is 4.79 Å². The van der Waals surface area contributed by atoms with E-state index >= 15 is 0 Å². The smallest absolute Gasteiger partial charge is 0.303 e. The summed E-state index contributed by atoms with van der Waals surface area (Å²) in [6.45, 7) is 5.72. The minimum absolute atomic E-state index is 0.0190. The molecule has 1 aliphatic heterocycles. The van der Waals surface area contributed by atoms with E-state index in [2.05, 4.69) is 0 Å². The molecule has 1 aliphatic carbocycles. The van der Waals surface area contributed by atoms with Crippen molar-refractivity contribution in [2.24, 2.45) is 5.92 Å². The highest BCUT2D eigenvalue weighted by Gasteiger charge is 2.50. The van der Waals surface area contributed by atoms with E-state index in [1.807, 2.05) is 26.8 Å². The van der Waals surface area contributed by atoms with E-state index in [0.29, 0.717) is 0 Å². The zero-order valence-corrected chi connectivity index (χ0v) is 9.90. The third kappa shape index (κ3) is 1.99. The molecule has 3 unspecified atom stereocenters. The molecule has 0 aromatic heterocycles. The second kappa shape index (κ2) is 3.86. The van der Waals surface area contributed by atoms with Crippen LogP contribution < -0.4 is 0 Å². The Labute approximate surface area is 95.2 Å². The highest BCUT2D eigenvalue weighted by atomic mass is 16.8. The first-order valence-electron chi connectivity index (χ1n) is 5.66. The van der Waals surface area contributed by atoms with Gasteiger partial charge in [0.25, 0.3) is 0 Å². The lowest BCUT2D eigenvalue weighted by molar-refractivity contribution is -0.150. The van der Waals surface area contributed by atoms with Crippen molar-refractivity contribution in [3.8, 4) is 0 Å². The first-order chi connectivity index (χ1) is 7.43. The number of hydrogen-bond donors (Lipinski definition) is 1. The summed E-state index contributed by atoms with van der Waals surface area (Å²) in [5, 5.41) is 8.84. The average Bonchev–Trinajstić information content (AvgIpc) is 2.54. The van der Waals surface area contributed by atoms with Crippen LogP contribution in [0.1, 0.15) is 33.6 Å². The predicted molar refractivity (Wildman–Crippen MR) is 57.9 cm³/mol. The molecule has 4 nitrogen and oxygen atoms in total. The number of rotatable bonds is 2. The normalized spacial score (nSPS) is 38.9. The number of allylic oxidation sites excluding steroid dienone is 1. The van der Waals surface area contributed by atoms with E-state index in [-0.39, 0.29) is 24.5 Å². The predicted octanol–water partition coefficient (Wildman–Crippen LogP) is 1.95. The summed E-state index contributed by atoms with van der Waals surface area (Å²) >= 11 is 0. The van der Waals surface area contributed by atoms with Crippen LogP contribution in [0.15, 0.2) is 11.6 Å². The van der Waals surface area contributed by atoms with Crippen LogP contribution in [0.2, 0.25) is 0 Å². The number of carboxylic acids is 1. The molecular formula is C12H18O4. The molecule has 0 bridgehead atoms. The topological polar surface area (TPSA) is 55.8 Å². The fourth-order valence-corrected chi connectivity index (χ4v) is 2.75. The van der Waals surface area contributed by atoms with Gasteiger partial charge in [-0.25, -0.2) is 0 Å². The molecule has 16 heavy (non-hydrogen) atoms. The number of ether oxygens (including phenoxy) is 2. The molecule has 1 N–H and O–H groups in total. The first-order valence-corrected chi connectivity index (χ1v) is 5.66. The lowest BCUT2D eigenvalue weighted by Crippen LogP contribution is -2.24. The number of aliphatic carboxylic acids is 1. The van der Waals surface area contributed by atoms with Gasteiger partial charge in [0, 0.05) is 0 Å². The summed E-state index contributed by atoms with van der Waals surface area (Å²) in [6, 6.07) is 0. The van der Waals surface area contributed by atoms with Gasteiger partial charge in [0.15, 0.2) is 5.79 Å². The Morgan fingerprint density at radius 2 is 2.25 bits per heavy atom. The largest absolute Gasteiger partial charge is 0.481 e. The first kappa shape index (κ1) is 11.6. The third-order valence-corrected chi connectivity index (χ3v) is 3.25. The van der Waals surface area contributed by atoms with Gasteiger partial charge in [-0.05, 0) is 38.7 Å². The Hall–Kier alpha value is -0.870. The zero-order valence-electron chi connectivity index (χ0n) is 9.90. The van der Waals surface area contributed by atoms with E-state index < -0.39 is 11.8 Å². The maximum Gasteiger partial charge on any atom is 0.303 e. The average molecular weight is 226 g/mol. The van der Waals surface area contributed by atoms with Crippen molar-refractivity contribution in [3.63, 3.8) is 0 Å². The van der Waals surface area contributed by atoms with E-state index in [1.165, 1.54) is 0 Å². The van der Waals surface area contributed by atoms with Crippen molar-refractivity contribution in [1.82, 2.24) is 0 Å². The van der Waals surface area contributed by atoms with Gasteiger partial charge in [-0.1, -0.05) is 6.08 Å². The standard InChI is InChI=1S/C12H18O4/c1-4-8-7(6-10(13)14)5-9-11(8)16-12(2,3)15-9/h4,7,9,11H,5-6H2,1-3H3,(H,13,14)/b8-4+. The zero-order chi connectivity index (χ0) is 11.9. The molecule has 1 saturated carbocycles. The Kier molecular flexibility index (Phi) is 2.80. The SMILES string of the molecule is C/C=C1\C(CC(=O)O)CC2OC(C)(C)OC12. The Balaban J connectivity index is 2.13. The highest BCUT2D eigenvalue weighted by molar-refractivity contribution is 5.67. The molecule has 0 radical (unpaired) electrons. The van der Waals surface area contributed by atoms with Crippen LogP contribution in [-0.4, -0.2) is 29.1 Å². The van der Waals surface area contributed by atoms with Crippen LogP contribution in [0.3, 0.4) is 0 Å². The van der Waals surface area contributed by atoms with Crippen molar-refractivity contribution < 1.29 is 19.4 Å². The van der Waals surface area contributed by atoms with Crippen LogP contribution in [0.25, 0.3) is 0 Å². The molecule has 2 fully saturated rings. The molecule has 1 saturated heterocycles. The summed E-state index contributed by atoms with van der Waals surface area (Å²) in [4.78, 5) is 10.8. The summed E-state index contributed by atoms with van der Waals surface area (Å²) in [7, 11) is 0. The molecule has 4 heteroatoms. The minimum atomic E-state index is -0.761. The monoisotopic (exact) mass is 226 g/mol. The van der Waals surface area contributed by atoms with Crippen LogP contribution in [0, 0.1) is 5.92 Å². The Bertz CT molecular complexity index is 332. The van der Waals surface area contributed by atoms with Crippen LogP contribution in [0.4, 0.5) is 0 Å². The number of fused-ring (bicyclic) bond motifs is 1. The maximum atomic E-state index is 10.8. The minimum Gasteiger partial charge on any atom is -0.481 e. The number of carbonyl (C=O) groups is 1. The number of carboxylic acid groups (broad SMARTS) is 1. The van der Waals surface area contributed by atoms with Gasteiger partial charge in [-0.3, -0.25) is 4.79 Å². The van der Waals surface area contributed by atoms with Crippen molar-refractivity contribution in [1.29, 1.82) is 0 Å². The highest BCUT2D eigenvalue weighted by Crippen LogP contribution is 2.45. The Morgan fingerprint density at radius 3 is 2.81 bits per heavy atom. The molecule has 0 aromatic rings. The molecule has 2 aliphatic rings. The van der Waals surface area contributed by atoms with E-state index in [1.54, 1.807) is 0 Å². The van der Waals surface area contributed by atoms with Gasteiger partial charge in [-0.15, -0.1) is 0 Å². The Morgan fingerprint density at radius 1 is 1.56 bits per heavy atom. The van der Waals surface area contributed by atoms with E-state index in [0.717, 1.165) is 12.0 Å². The lowest BCUT2D eigenvalue weighted by atomic mass is 9.98. The van der Waals surface area contributed by atoms with Gasteiger partial charge < -0.3 is 14.6 Å². The van der Waals surface area contributed by atoms with Gasteiger partial charge in [0.2, 0.25) is 0 Å². The number of hydrogen-bond acceptors (Lipinski definition) is 3. The van der Waals surface area contributed by atoms with Crippen molar-refractivity contribution >= 4 is 5.97 Å². The van der Waals surface area contributed by atoms with E-state index in [4.69, 9.17) is 14.6 Å². The van der Waals surface area contributed by atoms with Crippen LogP contribution >= 0.6 is 0 Å².